The Morgan fingerprint density at radius 3 is 2.39 bits per heavy atom. The summed E-state index contributed by atoms with van der Waals surface area (Å²) in [5.41, 5.74) is 0.723. The zero-order valence-corrected chi connectivity index (χ0v) is 14.1. The molecule has 0 fully saturated rings. The summed E-state index contributed by atoms with van der Waals surface area (Å²) in [5, 5.41) is 4.03. The number of anilines is 1. The highest BCUT2D eigenvalue weighted by Gasteiger charge is 2.19. The molecular weight excluding hydrogens is 334 g/mol. The SMILES string of the molecule is COc1cc2sc(C(=O)Nc3ccccc3)c(Cl)c2cc1OC. The number of carbonyl (C=O) groups excluding carboxylic acids is 1. The van der Waals surface area contributed by atoms with Gasteiger partial charge in [-0.15, -0.1) is 11.3 Å². The molecule has 0 unspecified atom stereocenters. The van der Waals surface area contributed by atoms with Crippen molar-refractivity contribution in [2.75, 3.05) is 19.5 Å². The highest BCUT2D eigenvalue weighted by molar-refractivity contribution is 7.21. The lowest BCUT2D eigenvalue weighted by atomic mass is 10.2. The number of nitrogens with one attached hydrogen (secondary N) is 1. The van der Waals surface area contributed by atoms with Crippen LogP contribution in [-0.2, 0) is 0 Å². The number of carbonyl (C=O) groups is 1. The molecule has 1 N–H and O–H groups in total. The summed E-state index contributed by atoms with van der Waals surface area (Å²) >= 11 is 7.72. The molecule has 1 amide bonds. The van der Waals surface area contributed by atoms with E-state index in [2.05, 4.69) is 5.32 Å². The minimum atomic E-state index is -0.236. The van der Waals surface area contributed by atoms with Gasteiger partial charge in [-0.05, 0) is 18.2 Å². The molecule has 0 aliphatic carbocycles. The Kier molecular flexibility index (Phi) is 4.41. The van der Waals surface area contributed by atoms with E-state index in [-0.39, 0.29) is 5.91 Å². The maximum absolute atomic E-state index is 12.5. The lowest BCUT2D eigenvalue weighted by molar-refractivity contribution is 0.103. The van der Waals surface area contributed by atoms with Crippen LogP contribution >= 0.6 is 22.9 Å². The molecule has 0 atom stereocenters. The van der Waals surface area contributed by atoms with Gasteiger partial charge in [-0.2, -0.15) is 0 Å². The number of hydrogen-bond acceptors (Lipinski definition) is 4. The number of para-hydroxylation sites is 1. The number of methoxy groups -OCH3 is 2. The number of rotatable bonds is 4. The number of amides is 1. The van der Waals surface area contributed by atoms with E-state index in [1.807, 2.05) is 36.4 Å². The van der Waals surface area contributed by atoms with E-state index in [1.165, 1.54) is 11.3 Å². The molecule has 0 saturated heterocycles. The van der Waals surface area contributed by atoms with Crippen LogP contribution in [0.25, 0.3) is 10.1 Å². The van der Waals surface area contributed by atoms with Gasteiger partial charge in [-0.1, -0.05) is 29.8 Å². The third kappa shape index (κ3) is 2.98. The molecule has 1 aromatic heterocycles. The van der Waals surface area contributed by atoms with Crippen molar-refractivity contribution in [1.29, 1.82) is 0 Å². The van der Waals surface area contributed by atoms with E-state index < -0.39 is 0 Å². The van der Waals surface area contributed by atoms with Gasteiger partial charge in [0.25, 0.3) is 5.91 Å². The third-order valence-corrected chi connectivity index (χ3v) is 5.03. The average molecular weight is 348 g/mol. The van der Waals surface area contributed by atoms with Crippen LogP contribution < -0.4 is 14.8 Å². The summed E-state index contributed by atoms with van der Waals surface area (Å²) in [4.78, 5) is 12.9. The summed E-state index contributed by atoms with van der Waals surface area (Å²) < 4.78 is 11.4. The second-order valence-electron chi connectivity index (χ2n) is 4.77. The molecule has 0 spiro atoms. The number of ether oxygens (including phenoxy) is 2. The van der Waals surface area contributed by atoms with Crippen molar-refractivity contribution in [3.63, 3.8) is 0 Å². The molecule has 1 heterocycles. The van der Waals surface area contributed by atoms with Gasteiger partial charge >= 0.3 is 0 Å². The predicted molar refractivity (Wildman–Crippen MR) is 94.3 cm³/mol. The van der Waals surface area contributed by atoms with Crippen molar-refractivity contribution in [2.24, 2.45) is 0 Å². The van der Waals surface area contributed by atoms with Gasteiger partial charge < -0.3 is 14.8 Å². The summed E-state index contributed by atoms with van der Waals surface area (Å²) in [6.07, 6.45) is 0. The Balaban J connectivity index is 2.01. The van der Waals surface area contributed by atoms with Crippen LogP contribution in [0.5, 0.6) is 11.5 Å². The average Bonchev–Trinajstić information content (AvgIpc) is 2.90. The first kappa shape index (κ1) is 15.6. The molecule has 6 heteroatoms. The van der Waals surface area contributed by atoms with Gasteiger partial charge in [-0.3, -0.25) is 4.79 Å². The first-order valence-electron chi connectivity index (χ1n) is 6.84. The Bertz CT molecular complexity index is 861. The molecule has 0 aliphatic rings. The quantitative estimate of drug-likeness (QED) is 0.735. The third-order valence-electron chi connectivity index (χ3n) is 3.37. The molecule has 23 heavy (non-hydrogen) atoms. The van der Waals surface area contributed by atoms with Crippen LogP contribution in [-0.4, -0.2) is 20.1 Å². The van der Waals surface area contributed by atoms with Crippen LogP contribution in [0.4, 0.5) is 5.69 Å². The van der Waals surface area contributed by atoms with Crippen LogP contribution in [0.3, 0.4) is 0 Å². The maximum Gasteiger partial charge on any atom is 0.267 e. The van der Waals surface area contributed by atoms with Crippen LogP contribution in [0.1, 0.15) is 9.67 Å². The number of benzene rings is 2. The van der Waals surface area contributed by atoms with Crippen molar-refractivity contribution >= 4 is 44.6 Å². The topological polar surface area (TPSA) is 47.6 Å². The molecule has 0 radical (unpaired) electrons. The molecular formula is C17H14ClNO3S. The normalized spacial score (nSPS) is 10.6. The molecule has 118 valence electrons. The largest absolute Gasteiger partial charge is 0.493 e. The Labute approximate surface area is 142 Å². The van der Waals surface area contributed by atoms with E-state index >= 15 is 0 Å². The standard InChI is InChI=1S/C17H14ClNO3S/c1-21-12-8-11-14(9-13(12)22-2)23-16(15(11)18)17(20)19-10-6-4-3-5-7-10/h3-9H,1-2H3,(H,19,20). The highest BCUT2D eigenvalue weighted by Crippen LogP contribution is 2.41. The monoisotopic (exact) mass is 347 g/mol. The summed E-state index contributed by atoms with van der Waals surface area (Å²) in [5.74, 6) is 0.947. The minimum Gasteiger partial charge on any atom is -0.493 e. The zero-order chi connectivity index (χ0) is 16.4. The number of halogens is 1. The fourth-order valence-corrected chi connectivity index (χ4v) is 3.66. The molecule has 2 aromatic carbocycles. The lowest BCUT2D eigenvalue weighted by Crippen LogP contribution is -2.10. The first-order valence-corrected chi connectivity index (χ1v) is 8.04. The van der Waals surface area contributed by atoms with Crippen molar-refractivity contribution in [3.05, 3.63) is 52.4 Å². The van der Waals surface area contributed by atoms with Crippen molar-refractivity contribution in [1.82, 2.24) is 0 Å². The zero-order valence-electron chi connectivity index (χ0n) is 12.6. The van der Waals surface area contributed by atoms with Crippen LogP contribution in [0.15, 0.2) is 42.5 Å². The van der Waals surface area contributed by atoms with Crippen molar-refractivity contribution < 1.29 is 14.3 Å². The summed E-state index contributed by atoms with van der Waals surface area (Å²) in [7, 11) is 3.13. The van der Waals surface area contributed by atoms with Gasteiger partial charge in [0.2, 0.25) is 0 Å². The smallest absolute Gasteiger partial charge is 0.267 e. The van der Waals surface area contributed by atoms with Crippen LogP contribution in [0, 0.1) is 0 Å². The van der Waals surface area contributed by atoms with E-state index in [0.717, 1.165) is 15.8 Å². The van der Waals surface area contributed by atoms with Gasteiger partial charge in [0, 0.05) is 21.8 Å². The Hall–Kier alpha value is -2.24. The molecule has 4 nitrogen and oxygen atoms in total. The van der Waals surface area contributed by atoms with Crippen molar-refractivity contribution in [3.8, 4) is 11.5 Å². The fraction of sp³-hybridized carbons (Fsp3) is 0.118. The predicted octanol–water partition coefficient (Wildman–Crippen LogP) is 4.82. The van der Waals surface area contributed by atoms with Gasteiger partial charge in [0.1, 0.15) is 4.88 Å². The fourth-order valence-electron chi connectivity index (χ4n) is 2.25. The summed E-state index contributed by atoms with van der Waals surface area (Å²) in [6, 6.07) is 12.9. The molecule has 3 aromatic rings. The van der Waals surface area contributed by atoms with Gasteiger partial charge in [-0.25, -0.2) is 0 Å². The minimum absolute atomic E-state index is 0.236. The maximum atomic E-state index is 12.5. The second kappa shape index (κ2) is 6.48. The van der Waals surface area contributed by atoms with E-state index in [9.17, 15) is 4.79 Å². The highest BCUT2D eigenvalue weighted by atomic mass is 35.5. The van der Waals surface area contributed by atoms with Gasteiger partial charge in [0.15, 0.2) is 11.5 Å². The number of thiophene rings is 1. The summed E-state index contributed by atoms with van der Waals surface area (Å²) in [6.45, 7) is 0. The van der Waals surface area contributed by atoms with Crippen molar-refractivity contribution in [2.45, 2.75) is 0 Å². The number of fused-ring (bicyclic) bond motifs is 1. The lowest BCUT2D eigenvalue weighted by Gasteiger charge is -2.06. The Morgan fingerprint density at radius 2 is 1.74 bits per heavy atom. The van der Waals surface area contributed by atoms with E-state index in [4.69, 9.17) is 21.1 Å². The van der Waals surface area contributed by atoms with E-state index in [0.29, 0.717) is 21.4 Å². The Morgan fingerprint density at radius 1 is 1.09 bits per heavy atom. The molecule has 3 rings (SSSR count). The number of hydrogen-bond donors (Lipinski definition) is 1. The molecule has 0 saturated carbocycles. The second-order valence-corrected chi connectivity index (χ2v) is 6.20. The first-order chi connectivity index (χ1) is 11.1. The molecule has 0 aliphatic heterocycles. The van der Waals surface area contributed by atoms with Gasteiger partial charge in [0.05, 0.1) is 19.2 Å². The van der Waals surface area contributed by atoms with E-state index in [1.54, 1.807) is 20.3 Å². The molecule has 0 bridgehead atoms. The van der Waals surface area contributed by atoms with Crippen LogP contribution in [0.2, 0.25) is 5.02 Å².